The quantitative estimate of drug-likeness (QED) is 0.556. The van der Waals surface area contributed by atoms with E-state index in [-0.39, 0.29) is 0 Å². The number of anilines is 1. The van der Waals surface area contributed by atoms with Crippen LogP contribution in [0.4, 0.5) is 5.95 Å². The van der Waals surface area contributed by atoms with E-state index in [2.05, 4.69) is 15.0 Å². The first-order valence-electron chi connectivity index (χ1n) is 4.60. The minimum Gasteiger partial charge on any atom is -0.368 e. The molecule has 0 amide bonds. The first kappa shape index (κ1) is 8.11. The number of aromatic nitrogens is 3. The van der Waals surface area contributed by atoms with Crippen molar-refractivity contribution in [1.29, 1.82) is 0 Å². The number of benzene rings is 1. The Labute approximate surface area is 85.8 Å². The van der Waals surface area contributed by atoms with Crippen LogP contribution in [-0.4, -0.2) is 15.0 Å². The first-order chi connectivity index (χ1) is 7.33. The summed E-state index contributed by atoms with van der Waals surface area (Å²) in [7, 11) is 0. The van der Waals surface area contributed by atoms with E-state index in [9.17, 15) is 0 Å². The lowest BCUT2D eigenvalue weighted by atomic mass is 10.1. The van der Waals surface area contributed by atoms with E-state index < -0.39 is 0 Å². The van der Waals surface area contributed by atoms with Crippen molar-refractivity contribution in [2.45, 2.75) is 0 Å². The van der Waals surface area contributed by atoms with Gasteiger partial charge >= 0.3 is 0 Å². The summed E-state index contributed by atoms with van der Waals surface area (Å²) in [5.74, 6) is 0.297. The van der Waals surface area contributed by atoms with Crippen LogP contribution in [0.1, 0.15) is 0 Å². The van der Waals surface area contributed by atoms with Crippen molar-refractivity contribution in [3.8, 4) is 0 Å². The molecule has 15 heavy (non-hydrogen) atoms. The Morgan fingerprint density at radius 1 is 1.00 bits per heavy atom. The third-order valence-electron chi connectivity index (χ3n) is 2.32. The van der Waals surface area contributed by atoms with Crippen molar-refractivity contribution in [3.05, 3.63) is 36.7 Å². The summed E-state index contributed by atoms with van der Waals surface area (Å²) < 4.78 is 0. The van der Waals surface area contributed by atoms with Gasteiger partial charge in [-0.15, -0.1) is 0 Å². The van der Waals surface area contributed by atoms with Crippen LogP contribution in [0.5, 0.6) is 0 Å². The number of nitrogen functional groups attached to an aromatic ring is 1. The van der Waals surface area contributed by atoms with E-state index in [1.807, 2.05) is 24.3 Å². The summed E-state index contributed by atoms with van der Waals surface area (Å²) in [5.41, 5.74) is 7.32. The summed E-state index contributed by atoms with van der Waals surface area (Å²) in [6.45, 7) is 0. The maximum absolute atomic E-state index is 5.53. The molecule has 0 bridgehead atoms. The molecule has 1 aromatic carbocycles. The summed E-state index contributed by atoms with van der Waals surface area (Å²) in [6, 6.07) is 7.83. The van der Waals surface area contributed by atoms with Gasteiger partial charge in [-0.05, 0) is 18.2 Å². The molecule has 2 N–H and O–H groups in total. The van der Waals surface area contributed by atoms with Crippen molar-refractivity contribution >= 4 is 27.8 Å². The lowest BCUT2D eigenvalue weighted by Gasteiger charge is -2.00. The standard InChI is InChI=1S/C11H8N4/c12-11-14-6-8-5-9-7(2-1-3-13-9)4-10(8)15-11/h1-6H,(H2,12,14,15). The van der Waals surface area contributed by atoms with Crippen molar-refractivity contribution in [1.82, 2.24) is 15.0 Å². The van der Waals surface area contributed by atoms with Gasteiger partial charge in [0.1, 0.15) is 0 Å². The van der Waals surface area contributed by atoms with Gasteiger partial charge in [0.15, 0.2) is 0 Å². The molecule has 2 heterocycles. The van der Waals surface area contributed by atoms with Gasteiger partial charge in [0, 0.05) is 23.2 Å². The minimum atomic E-state index is 0.297. The van der Waals surface area contributed by atoms with Crippen molar-refractivity contribution in [2.75, 3.05) is 5.73 Å². The average molecular weight is 196 g/mol. The lowest BCUT2D eigenvalue weighted by molar-refractivity contribution is 1.24. The van der Waals surface area contributed by atoms with E-state index in [1.165, 1.54) is 0 Å². The fraction of sp³-hybridized carbons (Fsp3) is 0. The molecule has 0 aliphatic heterocycles. The van der Waals surface area contributed by atoms with E-state index in [4.69, 9.17) is 5.73 Å². The normalized spacial score (nSPS) is 10.9. The molecule has 4 nitrogen and oxygen atoms in total. The molecule has 0 unspecified atom stereocenters. The van der Waals surface area contributed by atoms with E-state index in [0.717, 1.165) is 21.8 Å². The molecule has 3 rings (SSSR count). The summed E-state index contributed by atoms with van der Waals surface area (Å²) >= 11 is 0. The number of nitrogens with two attached hydrogens (primary N) is 1. The summed E-state index contributed by atoms with van der Waals surface area (Å²) in [6.07, 6.45) is 3.48. The van der Waals surface area contributed by atoms with Gasteiger partial charge in [0.05, 0.1) is 11.0 Å². The zero-order valence-electron chi connectivity index (χ0n) is 7.88. The predicted molar refractivity (Wildman–Crippen MR) is 59.3 cm³/mol. The van der Waals surface area contributed by atoms with Crippen molar-refractivity contribution in [2.24, 2.45) is 0 Å². The molecule has 0 radical (unpaired) electrons. The van der Waals surface area contributed by atoms with Crippen molar-refractivity contribution in [3.63, 3.8) is 0 Å². The molecule has 72 valence electrons. The first-order valence-corrected chi connectivity index (χ1v) is 4.60. The Hall–Kier alpha value is -2.23. The smallest absolute Gasteiger partial charge is 0.220 e. The SMILES string of the molecule is Nc1ncc2cc3ncccc3cc2n1. The number of pyridine rings is 1. The molecule has 0 atom stereocenters. The molecule has 0 aliphatic rings. The fourth-order valence-corrected chi connectivity index (χ4v) is 1.61. The second-order valence-corrected chi connectivity index (χ2v) is 3.34. The number of rotatable bonds is 0. The predicted octanol–water partition coefficient (Wildman–Crippen LogP) is 1.76. The van der Waals surface area contributed by atoms with Crippen LogP contribution in [0.2, 0.25) is 0 Å². The second-order valence-electron chi connectivity index (χ2n) is 3.34. The van der Waals surface area contributed by atoms with Crippen LogP contribution < -0.4 is 5.73 Å². The van der Waals surface area contributed by atoms with Gasteiger partial charge in [-0.25, -0.2) is 9.97 Å². The van der Waals surface area contributed by atoms with Crippen LogP contribution in [0.15, 0.2) is 36.7 Å². The highest BCUT2D eigenvalue weighted by molar-refractivity contribution is 5.94. The fourth-order valence-electron chi connectivity index (χ4n) is 1.61. The van der Waals surface area contributed by atoms with Gasteiger partial charge in [0.2, 0.25) is 5.95 Å². The zero-order chi connectivity index (χ0) is 10.3. The van der Waals surface area contributed by atoms with Crippen LogP contribution in [-0.2, 0) is 0 Å². The highest BCUT2D eigenvalue weighted by atomic mass is 15.0. The molecule has 0 saturated carbocycles. The van der Waals surface area contributed by atoms with Gasteiger partial charge in [-0.3, -0.25) is 4.98 Å². The number of nitrogens with zero attached hydrogens (tertiary/aromatic N) is 3. The van der Waals surface area contributed by atoms with Crippen LogP contribution in [0.3, 0.4) is 0 Å². The van der Waals surface area contributed by atoms with Gasteiger partial charge in [-0.2, -0.15) is 0 Å². The Kier molecular flexibility index (Phi) is 1.56. The van der Waals surface area contributed by atoms with Crippen LogP contribution >= 0.6 is 0 Å². The molecule has 0 fully saturated rings. The summed E-state index contributed by atoms with van der Waals surface area (Å²) in [4.78, 5) is 12.4. The largest absolute Gasteiger partial charge is 0.368 e. The average Bonchev–Trinajstić information content (AvgIpc) is 2.26. The van der Waals surface area contributed by atoms with E-state index in [1.54, 1.807) is 12.4 Å². The molecular formula is C11H8N4. The zero-order valence-corrected chi connectivity index (χ0v) is 7.88. The molecule has 2 aromatic heterocycles. The van der Waals surface area contributed by atoms with Crippen LogP contribution in [0.25, 0.3) is 21.8 Å². The Balaban J connectivity index is 2.47. The maximum atomic E-state index is 5.53. The Morgan fingerprint density at radius 3 is 2.80 bits per heavy atom. The Morgan fingerprint density at radius 2 is 1.87 bits per heavy atom. The lowest BCUT2D eigenvalue weighted by Crippen LogP contribution is -1.94. The molecule has 0 spiro atoms. The highest BCUT2D eigenvalue weighted by Gasteiger charge is 2.00. The topological polar surface area (TPSA) is 64.7 Å². The molecule has 3 aromatic rings. The highest BCUT2D eigenvalue weighted by Crippen LogP contribution is 2.19. The molecule has 0 aliphatic carbocycles. The molecule has 4 heteroatoms. The molecular weight excluding hydrogens is 188 g/mol. The Bertz CT molecular complexity index is 648. The van der Waals surface area contributed by atoms with Crippen LogP contribution in [0, 0.1) is 0 Å². The van der Waals surface area contributed by atoms with Crippen molar-refractivity contribution < 1.29 is 0 Å². The van der Waals surface area contributed by atoms with E-state index >= 15 is 0 Å². The second kappa shape index (κ2) is 2.88. The van der Waals surface area contributed by atoms with Gasteiger partial charge in [-0.1, -0.05) is 6.07 Å². The minimum absolute atomic E-state index is 0.297. The third kappa shape index (κ3) is 1.27. The van der Waals surface area contributed by atoms with E-state index in [0.29, 0.717) is 5.95 Å². The number of hydrogen-bond acceptors (Lipinski definition) is 4. The van der Waals surface area contributed by atoms with Gasteiger partial charge < -0.3 is 5.73 Å². The summed E-state index contributed by atoms with van der Waals surface area (Å²) in [5, 5.41) is 2.01. The molecule has 0 saturated heterocycles. The monoisotopic (exact) mass is 196 g/mol. The van der Waals surface area contributed by atoms with Gasteiger partial charge in [0.25, 0.3) is 0 Å². The number of hydrogen-bond donors (Lipinski definition) is 1. The third-order valence-corrected chi connectivity index (χ3v) is 2.32. The maximum Gasteiger partial charge on any atom is 0.220 e. The number of fused-ring (bicyclic) bond motifs is 2.